The Morgan fingerprint density at radius 3 is 2.89 bits per heavy atom. The number of hydrogen-bond acceptors (Lipinski definition) is 6. The first kappa shape index (κ1) is 12.5. The average molecular weight is 246 g/mol. The molecule has 1 unspecified atom stereocenters. The van der Waals surface area contributed by atoms with E-state index in [1.165, 1.54) is 0 Å². The lowest BCUT2D eigenvalue weighted by atomic mass is 10.1. The zero-order chi connectivity index (χ0) is 13.1. The molecule has 2 heterocycles. The predicted octanol–water partition coefficient (Wildman–Crippen LogP) is 0.697. The van der Waals surface area contributed by atoms with Gasteiger partial charge in [0.2, 0.25) is 5.95 Å². The molecule has 0 aliphatic carbocycles. The summed E-state index contributed by atoms with van der Waals surface area (Å²) < 4.78 is 0. The SMILES string of the molecule is CC(C)NC1C=C(c2ccnc(N)n2)C=NN1C. The maximum Gasteiger partial charge on any atom is 0.220 e. The molecule has 0 amide bonds. The second kappa shape index (κ2) is 5.14. The van der Waals surface area contributed by atoms with E-state index in [-0.39, 0.29) is 12.1 Å². The number of rotatable bonds is 3. The van der Waals surface area contributed by atoms with Crippen LogP contribution < -0.4 is 11.1 Å². The molecular formula is C12H18N6. The van der Waals surface area contributed by atoms with Crippen molar-refractivity contribution in [2.45, 2.75) is 26.1 Å². The van der Waals surface area contributed by atoms with Gasteiger partial charge in [-0.2, -0.15) is 5.10 Å². The average Bonchev–Trinajstić information content (AvgIpc) is 2.31. The number of nitrogen functional groups attached to an aromatic ring is 1. The molecule has 1 atom stereocenters. The molecular weight excluding hydrogens is 228 g/mol. The Labute approximate surface area is 107 Å². The minimum absolute atomic E-state index is 0.0567. The molecule has 6 heteroatoms. The highest BCUT2D eigenvalue weighted by Crippen LogP contribution is 2.16. The van der Waals surface area contributed by atoms with Gasteiger partial charge in [-0.3, -0.25) is 10.3 Å². The van der Waals surface area contributed by atoms with Crippen LogP contribution in [0.2, 0.25) is 0 Å². The van der Waals surface area contributed by atoms with E-state index in [9.17, 15) is 0 Å². The molecule has 0 bridgehead atoms. The normalized spacial score (nSPS) is 19.2. The number of nitrogens with one attached hydrogen (secondary N) is 1. The first-order valence-electron chi connectivity index (χ1n) is 5.90. The van der Waals surface area contributed by atoms with Crippen LogP contribution in [0.3, 0.4) is 0 Å². The van der Waals surface area contributed by atoms with E-state index >= 15 is 0 Å². The fraction of sp³-hybridized carbons (Fsp3) is 0.417. The monoisotopic (exact) mass is 246 g/mol. The van der Waals surface area contributed by atoms with Crippen LogP contribution in [0, 0.1) is 0 Å². The summed E-state index contributed by atoms with van der Waals surface area (Å²) in [7, 11) is 1.93. The Morgan fingerprint density at radius 1 is 1.44 bits per heavy atom. The number of anilines is 1. The van der Waals surface area contributed by atoms with Crippen molar-refractivity contribution in [2.24, 2.45) is 5.10 Å². The van der Waals surface area contributed by atoms with Gasteiger partial charge in [0.05, 0.1) is 11.9 Å². The minimum atomic E-state index is 0.0567. The molecule has 1 aliphatic heterocycles. The van der Waals surface area contributed by atoms with E-state index in [1.807, 2.05) is 18.1 Å². The molecule has 0 saturated carbocycles. The van der Waals surface area contributed by atoms with Crippen LogP contribution in [0.1, 0.15) is 19.5 Å². The smallest absolute Gasteiger partial charge is 0.220 e. The van der Waals surface area contributed by atoms with E-state index in [0.29, 0.717) is 6.04 Å². The summed E-state index contributed by atoms with van der Waals surface area (Å²) in [4.78, 5) is 8.08. The Balaban J connectivity index is 2.25. The van der Waals surface area contributed by atoms with Gasteiger partial charge in [-0.25, -0.2) is 9.97 Å². The van der Waals surface area contributed by atoms with E-state index in [0.717, 1.165) is 11.3 Å². The third-order valence-electron chi connectivity index (χ3n) is 2.59. The largest absolute Gasteiger partial charge is 0.368 e. The number of nitrogens with two attached hydrogens (primary N) is 1. The van der Waals surface area contributed by atoms with Gasteiger partial charge in [0.15, 0.2) is 0 Å². The number of aromatic nitrogens is 2. The van der Waals surface area contributed by atoms with Gasteiger partial charge in [0.1, 0.15) is 6.17 Å². The topological polar surface area (TPSA) is 79.4 Å². The van der Waals surface area contributed by atoms with Crippen molar-refractivity contribution in [3.8, 4) is 0 Å². The lowest BCUT2D eigenvalue weighted by molar-refractivity contribution is 0.242. The van der Waals surface area contributed by atoms with Crippen LogP contribution in [-0.2, 0) is 0 Å². The highest BCUT2D eigenvalue weighted by molar-refractivity contribution is 6.09. The number of hydrogen-bond donors (Lipinski definition) is 2. The van der Waals surface area contributed by atoms with Gasteiger partial charge in [-0.15, -0.1) is 0 Å². The summed E-state index contributed by atoms with van der Waals surface area (Å²) in [6.07, 6.45) is 5.56. The lowest BCUT2D eigenvalue weighted by Crippen LogP contribution is -2.44. The van der Waals surface area contributed by atoms with Gasteiger partial charge >= 0.3 is 0 Å². The fourth-order valence-electron chi connectivity index (χ4n) is 1.73. The van der Waals surface area contributed by atoms with Crippen molar-refractivity contribution in [2.75, 3.05) is 12.8 Å². The van der Waals surface area contributed by atoms with Gasteiger partial charge in [-0.1, -0.05) is 0 Å². The van der Waals surface area contributed by atoms with Gasteiger partial charge in [0, 0.05) is 24.9 Å². The van der Waals surface area contributed by atoms with Crippen molar-refractivity contribution in [1.82, 2.24) is 20.3 Å². The third kappa shape index (κ3) is 2.84. The summed E-state index contributed by atoms with van der Waals surface area (Å²) >= 11 is 0. The summed E-state index contributed by atoms with van der Waals surface area (Å²) in [6.45, 7) is 4.20. The van der Waals surface area contributed by atoms with Gasteiger partial charge in [0.25, 0.3) is 0 Å². The van der Waals surface area contributed by atoms with Crippen molar-refractivity contribution >= 4 is 17.7 Å². The summed E-state index contributed by atoms with van der Waals surface area (Å²) in [6, 6.07) is 2.20. The number of hydrazone groups is 1. The summed E-state index contributed by atoms with van der Waals surface area (Å²) in [5.74, 6) is 0.272. The molecule has 1 aromatic heterocycles. The molecule has 1 aromatic rings. The van der Waals surface area contributed by atoms with Crippen LogP contribution in [0.15, 0.2) is 23.4 Å². The molecule has 6 nitrogen and oxygen atoms in total. The molecule has 18 heavy (non-hydrogen) atoms. The molecule has 0 saturated heterocycles. The Morgan fingerprint density at radius 2 is 2.22 bits per heavy atom. The van der Waals surface area contributed by atoms with Crippen molar-refractivity contribution in [3.05, 3.63) is 24.0 Å². The molecule has 0 fully saturated rings. The molecule has 1 aliphatic rings. The zero-order valence-electron chi connectivity index (χ0n) is 10.8. The van der Waals surface area contributed by atoms with Crippen LogP contribution in [0.5, 0.6) is 0 Å². The van der Waals surface area contributed by atoms with E-state index in [2.05, 4.69) is 40.3 Å². The van der Waals surface area contributed by atoms with Crippen LogP contribution in [-0.4, -0.2) is 40.4 Å². The lowest BCUT2D eigenvalue weighted by Gasteiger charge is -2.29. The highest BCUT2D eigenvalue weighted by atomic mass is 15.5. The summed E-state index contributed by atoms with van der Waals surface area (Å²) in [5, 5.41) is 9.60. The zero-order valence-corrected chi connectivity index (χ0v) is 10.8. The maximum atomic E-state index is 5.59. The minimum Gasteiger partial charge on any atom is -0.368 e. The van der Waals surface area contributed by atoms with Gasteiger partial charge in [-0.05, 0) is 26.0 Å². The molecule has 96 valence electrons. The second-order valence-electron chi connectivity index (χ2n) is 4.51. The van der Waals surface area contributed by atoms with Gasteiger partial charge < -0.3 is 5.73 Å². The number of likely N-dealkylation sites (N-methyl/N-ethyl adjacent to an activating group) is 1. The van der Waals surface area contributed by atoms with Crippen LogP contribution in [0.25, 0.3) is 5.57 Å². The van der Waals surface area contributed by atoms with E-state index in [1.54, 1.807) is 12.4 Å². The van der Waals surface area contributed by atoms with Crippen molar-refractivity contribution < 1.29 is 0 Å². The Bertz CT molecular complexity index is 479. The Hall–Kier alpha value is -1.95. The van der Waals surface area contributed by atoms with Crippen LogP contribution >= 0.6 is 0 Å². The molecule has 0 radical (unpaired) electrons. The first-order chi connectivity index (χ1) is 8.56. The highest BCUT2D eigenvalue weighted by Gasteiger charge is 2.17. The Kier molecular flexibility index (Phi) is 3.57. The molecule has 3 N–H and O–H groups in total. The van der Waals surface area contributed by atoms with Crippen molar-refractivity contribution in [3.63, 3.8) is 0 Å². The number of nitrogens with zero attached hydrogens (tertiary/aromatic N) is 4. The molecule has 0 aromatic carbocycles. The quantitative estimate of drug-likeness (QED) is 0.820. The van der Waals surface area contributed by atoms with E-state index in [4.69, 9.17) is 5.73 Å². The number of allylic oxidation sites excluding steroid dienone is 1. The second-order valence-corrected chi connectivity index (χ2v) is 4.51. The van der Waals surface area contributed by atoms with Crippen LogP contribution in [0.4, 0.5) is 5.95 Å². The first-order valence-corrected chi connectivity index (χ1v) is 5.90. The fourth-order valence-corrected chi connectivity index (χ4v) is 1.73. The molecule has 2 rings (SSSR count). The van der Waals surface area contributed by atoms with Crippen molar-refractivity contribution in [1.29, 1.82) is 0 Å². The standard InChI is InChI=1S/C12H18N6/c1-8(2)16-11-6-9(7-15-18(11)3)10-4-5-14-12(13)17-10/h4-8,11,16H,1-3H3,(H2,13,14,17). The third-order valence-corrected chi connectivity index (χ3v) is 2.59. The predicted molar refractivity (Wildman–Crippen MR) is 72.7 cm³/mol. The summed E-state index contributed by atoms with van der Waals surface area (Å²) in [5.41, 5.74) is 7.32. The maximum absolute atomic E-state index is 5.59. The molecule has 0 spiro atoms. The van der Waals surface area contributed by atoms with E-state index < -0.39 is 0 Å².